The van der Waals surface area contributed by atoms with E-state index in [1.165, 1.54) is 0 Å². The molecule has 2 aliphatic rings. The van der Waals surface area contributed by atoms with Crippen molar-refractivity contribution in [1.29, 1.82) is 0 Å². The number of hydrogen-bond acceptors (Lipinski definition) is 3. The Labute approximate surface area is 124 Å². The smallest absolute Gasteiger partial charge is 0.321 e. The third-order valence-electron chi connectivity index (χ3n) is 5.04. The van der Waals surface area contributed by atoms with Gasteiger partial charge in [-0.15, -0.1) is 0 Å². The van der Waals surface area contributed by atoms with E-state index < -0.39 is 12.0 Å². The molecule has 1 aromatic carbocycles. The molecule has 1 saturated heterocycles. The lowest BCUT2D eigenvalue weighted by Gasteiger charge is -2.36. The first-order valence-electron chi connectivity index (χ1n) is 7.68. The van der Waals surface area contributed by atoms with Crippen LogP contribution in [0.15, 0.2) is 30.3 Å². The lowest BCUT2D eigenvalue weighted by atomic mass is 9.79. The van der Waals surface area contributed by atoms with Gasteiger partial charge in [0.25, 0.3) is 0 Å². The first-order valence-corrected chi connectivity index (χ1v) is 7.68. The van der Waals surface area contributed by atoms with E-state index in [4.69, 9.17) is 0 Å². The molecule has 3 rings (SSSR count). The summed E-state index contributed by atoms with van der Waals surface area (Å²) in [7, 11) is 0. The summed E-state index contributed by atoms with van der Waals surface area (Å²) < 4.78 is 0. The van der Waals surface area contributed by atoms with Crippen LogP contribution < -0.4 is 0 Å². The van der Waals surface area contributed by atoms with Gasteiger partial charge < -0.3 is 9.90 Å². The Kier molecular flexibility index (Phi) is 4.06. The SMILES string of the molecule is O=C[C@H]1CN([C@@H](C(=O)O)C2CCC2)C[C@@H]1c1ccccc1. The van der Waals surface area contributed by atoms with Crippen molar-refractivity contribution in [3.8, 4) is 0 Å². The molecule has 2 fully saturated rings. The zero-order valence-electron chi connectivity index (χ0n) is 12.0. The van der Waals surface area contributed by atoms with E-state index in [9.17, 15) is 14.7 Å². The predicted molar refractivity (Wildman–Crippen MR) is 79.1 cm³/mol. The maximum Gasteiger partial charge on any atom is 0.321 e. The predicted octanol–water partition coefficient (Wildman–Crippen LogP) is 2.15. The lowest BCUT2D eigenvalue weighted by molar-refractivity contribution is -0.146. The van der Waals surface area contributed by atoms with E-state index in [2.05, 4.69) is 0 Å². The number of carbonyl (C=O) groups is 2. The molecule has 1 saturated carbocycles. The summed E-state index contributed by atoms with van der Waals surface area (Å²) in [6, 6.07) is 9.55. The molecule has 112 valence electrons. The Morgan fingerprint density at radius 3 is 2.48 bits per heavy atom. The normalized spacial score (nSPS) is 28.0. The fourth-order valence-electron chi connectivity index (χ4n) is 3.69. The monoisotopic (exact) mass is 287 g/mol. The number of carboxylic acid groups (broad SMARTS) is 1. The summed E-state index contributed by atoms with van der Waals surface area (Å²) in [4.78, 5) is 25.1. The van der Waals surface area contributed by atoms with Gasteiger partial charge in [-0.2, -0.15) is 0 Å². The highest BCUT2D eigenvalue weighted by Crippen LogP contribution is 2.38. The van der Waals surface area contributed by atoms with Crippen molar-refractivity contribution in [2.75, 3.05) is 13.1 Å². The van der Waals surface area contributed by atoms with Gasteiger partial charge in [0.15, 0.2) is 0 Å². The van der Waals surface area contributed by atoms with Gasteiger partial charge in [-0.3, -0.25) is 9.69 Å². The summed E-state index contributed by atoms with van der Waals surface area (Å²) in [5, 5.41) is 9.55. The van der Waals surface area contributed by atoms with E-state index in [1.54, 1.807) is 0 Å². The number of carboxylic acids is 1. The van der Waals surface area contributed by atoms with Crippen LogP contribution in [0.3, 0.4) is 0 Å². The maximum atomic E-state index is 11.6. The number of hydrogen-bond donors (Lipinski definition) is 1. The Morgan fingerprint density at radius 2 is 1.95 bits per heavy atom. The van der Waals surface area contributed by atoms with Crippen LogP contribution in [0, 0.1) is 11.8 Å². The molecule has 4 nitrogen and oxygen atoms in total. The zero-order valence-corrected chi connectivity index (χ0v) is 12.0. The molecule has 4 heteroatoms. The molecule has 1 heterocycles. The van der Waals surface area contributed by atoms with Crippen LogP contribution in [0.1, 0.15) is 30.7 Å². The van der Waals surface area contributed by atoms with Crippen LogP contribution in [-0.4, -0.2) is 41.4 Å². The standard InChI is InChI=1S/C17H21NO3/c19-11-14-9-18(16(17(20)21)13-7-4-8-13)10-15(14)12-5-2-1-3-6-12/h1-3,5-6,11,13-16H,4,7-10H2,(H,20,21)/t14-,15-,16-/m1/s1. The third kappa shape index (κ3) is 2.72. The van der Waals surface area contributed by atoms with Crippen LogP contribution >= 0.6 is 0 Å². The van der Waals surface area contributed by atoms with E-state index in [1.807, 2.05) is 35.2 Å². The van der Waals surface area contributed by atoms with Crippen LogP contribution in [0.5, 0.6) is 0 Å². The molecule has 3 atom stereocenters. The van der Waals surface area contributed by atoms with E-state index in [0.29, 0.717) is 13.1 Å². The minimum absolute atomic E-state index is 0.102. The first kappa shape index (κ1) is 14.3. The van der Waals surface area contributed by atoms with Crippen molar-refractivity contribution in [2.24, 2.45) is 11.8 Å². The average molecular weight is 287 g/mol. The Balaban J connectivity index is 1.79. The number of nitrogens with zero attached hydrogens (tertiary/aromatic N) is 1. The summed E-state index contributed by atoms with van der Waals surface area (Å²) in [6.07, 6.45) is 4.11. The summed E-state index contributed by atoms with van der Waals surface area (Å²) >= 11 is 0. The van der Waals surface area contributed by atoms with Crippen molar-refractivity contribution >= 4 is 12.3 Å². The Bertz CT molecular complexity index is 512. The van der Waals surface area contributed by atoms with Crippen LogP contribution in [0.25, 0.3) is 0 Å². The highest BCUT2D eigenvalue weighted by atomic mass is 16.4. The number of likely N-dealkylation sites (tertiary alicyclic amines) is 1. The average Bonchev–Trinajstić information content (AvgIpc) is 2.87. The lowest BCUT2D eigenvalue weighted by Crippen LogP contribution is -2.47. The molecule has 1 N–H and O–H groups in total. The Morgan fingerprint density at radius 1 is 1.24 bits per heavy atom. The largest absolute Gasteiger partial charge is 0.480 e. The number of rotatable bonds is 5. The topological polar surface area (TPSA) is 57.6 Å². The van der Waals surface area contributed by atoms with Crippen molar-refractivity contribution in [1.82, 2.24) is 4.90 Å². The number of aldehydes is 1. The van der Waals surface area contributed by atoms with Crippen LogP contribution in [0.2, 0.25) is 0 Å². The minimum atomic E-state index is -0.738. The fraction of sp³-hybridized carbons (Fsp3) is 0.529. The van der Waals surface area contributed by atoms with Crippen LogP contribution in [-0.2, 0) is 9.59 Å². The number of carbonyl (C=O) groups excluding carboxylic acids is 1. The molecule has 1 aromatic rings. The molecule has 1 aliphatic carbocycles. The Hall–Kier alpha value is -1.68. The summed E-state index contributed by atoms with van der Waals surface area (Å²) in [6.45, 7) is 1.23. The molecule has 21 heavy (non-hydrogen) atoms. The second kappa shape index (κ2) is 5.98. The van der Waals surface area contributed by atoms with E-state index in [0.717, 1.165) is 31.1 Å². The minimum Gasteiger partial charge on any atom is -0.480 e. The van der Waals surface area contributed by atoms with Gasteiger partial charge in [0, 0.05) is 24.9 Å². The van der Waals surface area contributed by atoms with Gasteiger partial charge in [0.1, 0.15) is 12.3 Å². The van der Waals surface area contributed by atoms with Gasteiger partial charge in [0.05, 0.1) is 0 Å². The van der Waals surface area contributed by atoms with Gasteiger partial charge in [0.2, 0.25) is 0 Å². The van der Waals surface area contributed by atoms with Crippen molar-refractivity contribution in [3.63, 3.8) is 0 Å². The molecule has 1 aliphatic heterocycles. The van der Waals surface area contributed by atoms with Crippen LogP contribution in [0.4, 0.5) is 0 Å². The van der Waals surface area contributed by atoms with Gasteiger partial charge in [-0.1, -0.05) is 36.8 Å². The molecule has 0 unspecified atom stereocenters. The molecular weight excluding hydrogens is 266 g/mol. The summed E-state index contributed by atoms with van der Waals surface area (Å²) in [5.41, 5.74) is 1.13. The molecule has 0 aromatic heterocycles. The highest BCUT2D eigenvalue weighted by molar-refractivity contribution is 5.74. The highest BCUT2D eigenvalue weighted by Gasteiger charge is 2.43. The first-order chi connectivity index (χ1) is 10.2. The molecule has 0 spiro atoms. The van der Waals surface area contributed by atoms with Crippen molar-refractivity contribution in [3.05, 3.63) is 35.9 Å². The quantitative estimate of drug-likeness (QED) is 0.843. The number of aliphatic carboxylic acids is 1. The third-order valence-corrected chi connectivity index (χ3v) is 5.04. The van der Waals surface area contributed by atoms with Gasteiger partial charge in [-0.25, -0.2) is 0 Å². The van der Waals surface area contributed by atoms with E-state index >= 15 is 0 Å². The van der Waals surface area contributed by atoms with Gasteiger partial charge in [-0.05, 0) is 24.3 Å². The van der Waals surface area contributed by atoms with Crippen molar-refractivity contribution < 1.29 is 14.7 Å². The van der Waals surface area contributed by atoms with Gasteiger partial charge >= 0.3 is 5.97 Å². The van der Waals surface area contributed by atoms with Crippen molar-refractivity contribution in [2.45, 2.75) is 31.2 Å². The van der Waals surface area contributed by atoms with E-state index in [-0.39, 0.29) is 17.8 Å². The zero-order chi connectivity index (χ0) is 14.8. The molecule has 0 amide bonds. The summed E-state index contributed by atoms with van der Waals surface area (Å²) in [5.74, 6) is -0.470. The maximum absolute atomic E-state index is 11.6. The second-order valence-electron chi connectivity index (χ2n) is 6.25. The molecule has 0 bridgehead atoms. The molecular formula is C17H21NO3. The second-order valence-corrected chi connectivity index (χ2v) is 6.25. The number of benzene rings is 1. The fourth-order valence-corrected chi connectivity index (χ4v) is 3.69. The molecule has 0 radical (unpaired) electrons.